The molecule has 1 aliphatic rings. The van der Waals surface area contributed by atoms with Gasteiger partial charge in [-0.15, -0.1) is 0 Å². The van der Waals surface area contributed by atoms with Crippen LogP contribution in [0, 0.1) is 0 Å². The molecule has 46 heavy (non-hydrogen) atoms. The van der Waals surface area contributed by atoms with E-state index in [1.54, 1.807) is 10.6 Å². The number of rotatable bonds is 10. The molecule has 1 saturated heterocycles. The Bertz CT molecular complexity index is 1570. The summed E-state index contributed by atoms with van der Waals surface area (Å²) in [6.07, 6.45) is -10.1. The Hall–Kier alpha value is -4.33. The number of β-amino-alcohol motifs (C(OH)–C–C–N with tert-alkyl or cyclic N) is 1. The van der Waals surface area contributed by atoms with Crippen molar-refractivity contribution in [3.63, 3.8) is 0 Å². The predicted octanol–water partition coefficient (Wildman–Crippen LogP) is 6.26. The second-order valence-corrected chi connectivity index (χ2v) is 11.3. The number of nitrogens with one attached hydrogen (secondary N) is 1. The number of ether oxygens (including phenoxy) is 1. The largest absolute Gasteiger partial charge is 0.491 e. The van der Waals surface area contributed by atoms with Gasteiger partial charge in [0.05, 0.1) is 23.8 Å². The maximum Gasteiger partial charge on any atom is 0.491 e. The zero-order valence-electron chi connectivity index (χ0n) is 25.0. The van der Waals surface area contributed by atoms with E-state index in [2.05, 4.69) is 10.1 Å². The van der Waals surface area contributed by atoms with Crippen LogP contribution in [-0.2, 0) is 39.8 Å². The number of aromatic nitrogens is 1. The Labute approximate surface area is 260 Å². The van der Waals surface area contributed by atoms with Crippen molar-refractivity contribution < 1.29 is 50.6 Å². The molecule has 2 N–H and O–H groups in total. The molecule has 1 amide bonds. The highest BCUT2D eigenvalue weighted by Crippen LogP contribution is 2.40. The quantitative estimate of drug-likeness (QED) is 0.152. The molecular weight excluding hydrogens is 620 g/mol. The number of aliphatic hydroxyl groups is 1. The second-order valence-electron chi connectivity index (χ2n) is 11.3. The summed E-state index contributed by atoms with van der Waals surface area (Å²) in [6.45, 7) is 3.62. The van der Waals surface area contributed by atoms with E-state index in [0.717, 1.165) is 30.2 Å². The third-order valence-corrected chi connectivity index (χ3v) is 7.54. The van der Waals surface area contributed by atoms with Crippen molar-refractivity contribution in [3.05, 3.63) is 82.7 Å². The smallest absolute Gasteiger partial charge is 0.391 e. The van der Waals surface area contributed by atoms with Crippen molar-refractivity contribution in [1.29, 1.82) is 0 Å². The van der Waals surface area contributed by atoms with E-state index in [9.17, 15) is 45.8 Å². The van der Waals surface area contributed by atoms with Crippen molar-refractivity contribution in [2.45, 2.75) is 70.4 Å². The van der Waals surface area contributed by atoms with Gasteiger partial charge in [-0.25, -0.2) is 4.79 Å². The first-order chi connectivity index (χ1) is 21.5. The van der Waals surface area contributed by atoms with Crippen LogP contribution < -0.4 is 10.2 Å². The number of hydrogen-bond donors (Lipinski definition) is 2. The summed E-state index contributed by atoms with van der Waals surface area (Å²) in [5.41, 5.74) is -0.436. The third kappa shape index (κ3) is 8.47. The molecule has 2 heterocycles. The summed E-state index contributed by atoms with van der Waals surface area (Å²) in [7, 11) is 0. The Morgan fingerprint density at radius 1 is 1.00 bits per heavy atom. The monoisotopic (exact) mass is 653 g/mol. The average Bonchev–Trinajstić information content (AvgIpc) is 3.59. The average molecular weight is 654 g/mol. The summed E-state index contributed by atoms with van der Waals surface area (Å²) < 4.78 is 86.6. The minimum atomic E-state index is -5.47. The molecule has 0 aliphatic carbocycles. The zero-order valence-corrected chi connectivity index (χ0v) is 25.0. The van der Waals surface area contributed by atoms with Crippen LogP contribution in [0.2, 0.25) is 0 Å². The summed E-state index contributed by atoms with van der Waals surface area (Å²) in [6, 6.07) is 14.3. The van der Waals surface area contributed by atoms with Gasteiger partial charge in [-0.3, -0.25) is 9.59 Å². The number of esters is 2. The predicted molar refractivity (Wildman–Crippen MR) is 156 cm³/mol. The number of halogens is 6. The van der Waals surface area contributed by atoms with E-state index >= 15 is 0 Å². The number of aryl methyl sites for hydroxylation is 2. The number of carbonyl (C=O) groups is 3. The molecule has 1 aliphatic heterocycles. The number of amides is 1. The highest BCUT2D eigenvalue weighted by molar-refractivity contribution is 6.04. The fourth-order valence-electron chi connectivity index (χ4n) is 5.51. The summed E-state index contributed by atoms with van der Waals surface area (Å²) in [4.78, 5) is 38.4. The lowest BCUT2D eigenvalue weighted by Gasteiger charge is -2.25. The van der Waals surface area contributed by atoms with Gasteiger partial charge in [0, 0.05) is 30.5 Å². The van der Waals surface area contributed by atoms with Crippen LogP contribution in [-0.4, -0.2) is 52.9 Å². The molecule has 0 bridgehead atoms. The zero-order chi connectivity index (χ0) is 33.8. The van der Waals surface area contributed by atoms with Crippen LogP contribution in [0.4, 0.5) is 37.7 Å². The van der Waals surface area contributed by atoms with Crippen LogP contribution >= 0.6 is 0 Å². The normalized spacial score (nSPS) is 15.3. The van der Waals surface area contributed by atoms with Crippen molar-refractivity contribution in [2.24, 2.45) is 0 Å². The molecule has 4 rings (SSSR count). The molecule has 2 aromatic carbocycles. The fraction of sp³-hybridized carbons (Fsp3) is 0.406. The molecule has 1 fully saturated rings. The molecule has 0 radical (unpaired) electrons. The maximum atomic E-state index is 14.3. The maximum absolute atomic E-state index is 14.3. The lowest BCUT2D eigenvalue weighted by molar-refractivity contribution is -0.201. The van der Waals surface area contributed by atoms with Gasteiger partial charge in [-0.1, -0.05) is 30.3 Å². The number of hydrogen-bond acceptors (Lipinski definition) is 6. The number of carbonyl (C=O) groups excluding carboxylic acids is 3. The van der Waals surface area contributed by atoms with Crippen molar-refractivity contribution in [1.82, 2.24) is 4.57 Å². The molecular formula is C32H33F6N3O5. The van der Waals surface area contributed by atoms with Crippen molar-refractivity contribution >= 4 is 29.2 Å². The SMILES string of the molecule is CC(C)n1c(CCCc2ccccc2)ccc1C(=O)Nc1cc(CC(=O)OC(=O)C(F)(F)F)c(N2CC[C@@H](O)C2)cc1C(F)(F)F. The Kier molecular flexibility index (Phi) is 10.5. The lowest BCUT2D eigenvalue weighted by Crippen LogP contribution is -2.29. The van der Waals surface area contributed by atoms with Crippen LogP contribution in [0.1, 0.15) is 65.6 Å². The topological polar surface area (TPSA) is 101 Å². The second kappa shape index (κ2) is 14.0. The van der Waals surface area contributed by atoms with Crippen LogP contribution in [0.15, 0.2) is 54.6 Å². The summed E-state index contributed by atoms with van der Waals surface area (Å²) in [5, 5.41) is 12.3. The number of benzene rings is 2. The molecule has 0 spiro atoms. The van der Waals surface area contributed by atoms with Crippen LogP contribution in [0.5, 0.6) is 0 Å². The van der Waals surface area contributed by atoms with E-state index in [1.807, 2.05) is 44.2 Å². The van der Waals surface area contributed by atoms with Gasteiger partial charge in [-0.05, 0) is 74.9 Å². The van der Waals surface area contributed by atoms with Crippen LogP contribution in [0.3, 0.4) is 0 Å². The molecule has 0 unspecified atom stereocenters. The van der Waals surface area contributed by atoms with Gasteiger partial charge in [-0.2, -0.15) is 26.3 Å². The first-order valence-corrected chi connectivity index (χ1v) is 14.6. The van der Waals surface area contributed by atoms with Crippen LogP contribution in [0.25, 0.3) is 0 Å². The van der Waals surface area contributed by atoms with Gasteiger partial charge in [0.25, 0.3) is 5.91 Å². The van der Waals surface area contributed by atoms with E-state index < -0.39 is 54.0 Å². The van der Waals surface area contributed by atoms with Gasteiger partial charge in [0.2, 0.25) is 0 Å². The Morgan fingerprint density at radius 2 is 1.70 bits per heavy atom. The van der Waals surface area contributed by atoms with E-state index in [1.165, 1.54) is 11.0 Å². The highest BCUT2D eigenvalue weighted by atomic mass is 19.4. The van der Waals surface area contributed by atoms with Gasteiger partial charge < -0.3 is 24.6 Å². The van der Waals surface area contributed by atoms with Gasteiger partial charge in [0.1, 0.15) is 5.69 Å². The Balaban J connectivity index is 1.66. The number of aliphatic hydroxyl groups excluding tert-OH is 1. The molecule has 1 atom stereocenters. The number of alkyl halides is 6. The third-order valence-electron chi connectivity index (χ3n) is 7.54. The van der Waals surface area contributed by atoms with E-state index in [0.29, 0.717) is 12.5 Å². The van der Waals surface area contributed by atoms with Crippen molar-refractivity contribution in [3.8, 4) is 0 Å². The molecule has 8 nitrogen and oxygen atoms in total. The minimum Gasteiger partial charge on any atom is -0.391 e. The van der Waals surface area contributed by atoms with Gasteiger partial charge in [0.15, 0.2) is 0 Å². The first-order valence-electron chi connectivity index (χ1n) is 14.6. The van der Waals surface area contributed by atoms with Gasteiger partial charge >= 0.3 is 24.3 Å². The minimum absolute atomic E-state index is 0.0845. The standard InChI is InChI=1S/C32H33F6N3O5/c1-19(2)41-22(10-6-9-20-7-4-3-5-8-20)11-12-26(41)29(44)39-25-15-21(16-28(43)46-30(45)32(36,37)38)27(17-24(25)31(33,34)35)40-14-13-23(42)18-40/h3-5,7-8,11-12,15,17,19,23,42H,6,9-10,13-14,16,18H2,1-2H3,(H,39,44)/t23-/m1/s1. The van der Waals surface area contributed by atoms with Crippen molar-refractivity contribution in [2.75, 3.05) is 23.3 Å². The van der Waals surface area contributed by atoms with E-state index in [-0.39, 0.29) is 42.5 Å². The molecule has 14 heteroatoms. The highest BCUT2D eigenvalue weighted by Gasteiger charge is 2.43. The fourth-order valence-corrected chi connectivity index (χ4v) is 5.51. The number of anilines is 2. The molecule has 1 aromatic heterocycles. The lowest BCUT2D eigenvalue weighted by atomic mass is 10.0. The van der Waals surface area contributed by atoms with E-state index in [4.69, 9.17) is 0 Å². The molecule has 3 aromatic rings. The summed E-state index contributed by atoms with van der Waals surface area (Å²) >= 11 is 0. The summed E-state index contributed by atoms with van der Waals surface area (Å²) in [5.74, 6) is -5.31. The Morgan fingerprint density at radius 3 is 2.28 bits per heavy atom. The number of nitrogens with zero attached hydrogens (tertiary/aromatic N) is 2. The first kappa shape index (κ1) is 34.5. The molecule has 248 valence electrons. The molecule has 0 saturated carbocycles.